The van der Waals surface area contributed by atoms with E-state index in [9.17, 15) is 22.4 Å². The highest BCUT2D eigenvalue weighted by molar-refractivity contribution is 7.92. The van der Waals surface area contributed by atoms with Crippen molar-refractivity contribution in [2.45, 2.75) is 58.2 Å². The Hall–Kier alpha value is -3.43. The Morgan fingerprint density at radius 3 is 2.10 bits per heavy atom. The van der Waals surface area contributed by atoms with Crippen LogP contribution in [0.3, 0.4) is 0 Å². The van der Waals surface area contributed by atoms with Crippen molar-refractivity contribution in [3.8, 4) is 0 Å². The molecule has 0 bridgehead atoms. The number of nitrogens with one attached hydrogen (secondary N) is 1. The second kappa shape index (κ2) is 14.0. The van der Waals surface area contributed by atoms with Gasteiger partial charge in [0.1, 0.15) is 11.9 Å². The van der Waals surface area contributed by atoms with E-state index in [2.05, 4.69) is 5.32 Å². The Morgan fingerprint density at radius 2 is 1.54 bits per heavy atom. The topological polar surface area (TPSA) is 86.8 Å². The number of sulfonamides is 1. The first-order valence-corrected chi connectivity index (χ1v) is 15.6. The van der Waals surface area contributed by atoms with Crippen molar-refractivity contribution in [2.75, 3.05) is 17.1 Å². The molecule has 0 radical (unpaired) electrons. The van der Waals surface area contributed by atoms with Crippen molar-refractivity contribution in [1.29, 1.82) is 0 Å². The molecular weight excluding hydrogens is 565 g/mol. The summed E-state index contributed by atoms with van der Waals surface area (Å²) < 4.78 is 39.6. The predicted octanol–water partition coefficient (Wildman–Crippen LogP) is 5.58. The maximum Gasteiger partial charge on any atom is 0.243 e. The fraction of sp³-hybridized carbons (Fsp3) is 0.355. The lowest BCUT2D eigenvalue weighted by Gasteiger charge is -2.34. The van der Waals surface area contributed by atoms with Gasteiger partial charge in [-0.05, 0) is 74.7 Å². The van der Waals surface area contributed by atoms with E-state index in [1.165, 1.54) is 24.3 Å². The molecule has 41 heavy (non-hydrogen) atoms. The molecule has 3 aromatic rings. The molecule has 1 N–H and O–H groups in total. The molecule has 0 heterocycles. The second-order valence-corrected chi connectivity index (χ2v) is 13.4. The van der Waals surface area contributed by atoms with Gasteiger partial charge in [0.05, 0.1) is 11.9 Å². The van der Waals surface area contributed by atoms with Gasteiger partial charge in [0.15, 0.2) is 0 Å². The normalized spacial score (nSPS) is 12.4. The average molecular weight is 602 g/mol. The molecule has 0 saturated carbocycles. The van der Waals surface area contributed by atoms with Gasteiger partial charge in [-0.3, -0.25) is 13.9 Å². The van der Waals surface area contributed by atoms with Crippen molar-refractivity contribution in [1.82, 2.24) is 10.2 Å². The first-order chi connectivity index (χ1) is 19.2. The van der Waals surface area contributed by atoms with Gasteiger partial charge < -0.3 is 10.2 Å². The molecule has 0 aliphatic rings. The van der Waals surface area contributed by atoms with Crippen molar-refractivity contribution in [3.05, 3.63) is 101 Å². The summed E-state index contributed by atoms with van der Waals surface area (Å²) in [6, 6.07) is 20.9. The number of benzene rings is 3. The van der Waals surface area contributed by atoms with E-state index in [4.69, 9.17) is 11.6 Å². The zero-order valence-corrected chi connectivity index (χ0v) is 25.4. The Balaban J connectivity index is 1.89. The molecule has 10 heteroatoms. The lowest BCUT2D eigenvalue weighted by Crippen LogP contribution is -2.54. The summed E-state index contributed by atoms with van der Waals surface area (Å²) >= 11 is 6.08. The average Bonchev–Trinajstić information content (AvgIpc) is 2.89. The molecule has 1 atom stereocenters. The zero-order chi connectivity index (χ0) is 30.2. The van der Waals surface area contributed by atoms with E-state index in [0.717, 1.165) is 21.7 Å². The van der Waals surface area contributed by atoms with Gasteiger partial charge in [-0.1, -0.05) is 54.1 Å². The summed E-state index contributed by atoms with van der Waals surface area (Å²) in [6.07, 6.45) is 1.55. The quantitative estimate of drug-likeness (QED) is 0.294. The number of carbonyl (C=O) groups is 2. The third kappa shape index (κ3) is 10.2. The van der Waals surface area contributed by atoms with Gasteiger partial charge in [-0.2, -0.15) is 0 Å². The molecular formula is C31H37ClFN3O4S. The van der Waals surface area contributed by atoms with Crippen LogP contribution in [0.4, 0.5) is 10.1 Å². The SMILES string of the molecule is CC(C)(C)NC(=O)[C@@H](Cc1ccccc1)N(Cc1ccc(Cl)cc1)C(=O)CCCN(c1ccc(F)cc1)S(C)(=O)=O. The van der Waals surface area contributed by atoms with Gasteiger partial charge in [-0.25, -0.2) is 12.8 Å². The van der Waals surface area contributed by atoms with E-state index in [0.29, 0.717) is 17.1 Å². The van der Waals surface area contributed by atoms with Crippen LogP contribution in [0.5, 0.6) is 0 Å². The molecule has 0 unspecified atom stereocenters. The lowest BCUT2D eigenvalue weighted by atomic mass is 10.00. The Labute approximate surface area is 247 Å². The van der Waals surface area contributed by atoms with Crippen LogP contribution in [0.15, 0.2) is 78.9 Å². The summed E-state index contributed by atoms with van der Waals surface area (Å²) in [7, 11) is -3.68. The van der Waals surface area contributed by atoms with E-state index in [1.54, 1.807) is 17.0 Å². The first kappa shape index (κ1) is 32.1. The molecule has 3 aromatic carbocycles. The number of amides is 2. The smallest absolute Gasteiger partial charge is 0.243 e. The van der Waals surface area contributed by atoms with Gasteiger partial charge in [-0.15, -0.1) is 0 Å². The number of carbonyl (C=O) groups excluding carboxylic acids is 2. The molecule has 7 nitrogen and oxygen atoms in total. The number of hydrogen-bond donors (Lipinski definition) is 1. The van der Waals surface area contributed by atoms with Gasteiger partial charge >= 0.3 is 0 Å². The van der Waals surface area contributed by atoms with Crippen LogP contribution < -0.4 is 9.62 Å². The Kier molecular flexibility index (Phi) is 10.9. The maximum atomic E-state index is 13.8. The molecule has 220 valence electrons. The van der Waals surface area contributed by atoms with Crippen molar-refractivity contribution in [3.63, 3.8) is 0 Å². The number of nitrogens with zero attached hydrogens (tertiary/aromatic N) is 2. The van der Waals surface area contributed by atoms with Gasteiger partial charge in [0.2, 0.25) is 21.8 Å². The Morgan fingerprint density at radius 1 is 0.927 bits per heavy atom. The fourth-order valence-corrected chi connectivity index (χ4v) is 5.50. The highest BCUT2D eigenvalue weighted by atomic mass is 35.5. The summed E-state index contributed by atoms with van der Waals surface area (Å²) in [5.41, 5.74) is 1.49. The monoisotopic (exact) mass is 601 g/mol. The minimum atomic E-state index is -3.68. The number of rotatable bonds is 12. The first-order valence-electron chi connectivity index (χ1n) is 13.4. The molecule has 3 rings (SSSR count). The Bertz CT molecular complexity index is 1410. The summed E-state index contributed by atoms with van der Waals surface area (Å²) in [5, 5.41) is 3.57. The number of anilines is 1. The van der Waals surface area contributed by atoms with Crippen LogP contribution in [-0.4, -0.2) is 49.5 Å². The summed E-state index contributed by atoms with van der Waals surface area (Å²) in [4.78, 5) is 29.0. The summed E-state index contributed by atoms with van der Waals surface area (Å²) in [6.45, 7) is 5.82. The second-order valence-electron chi connectivity index (χ2n) is 11.0. The van der Waals surface area contributed by atoms with E-state index >= 15 is 0 Å². The van der Waals surface area contributed by atoms with Crippen molar-refractivity contribution >= 4 is 39.1 Å². The van der Waals surface area contributed by atoms with Crippen LogP contribution >= 0.6 is 11.6 Å². The van der Waals surface area contributed by atoms with Crippen LogP contribution in [0.2, 0.25) is 5.02 Å². The van der Waals surface area contributed by atoms with Gasteiger partial charge in [0.25, 0.3) is 0 Å². The van der Waals surface area contributed by atoms with Crippen LogP contribution in [0.25, 0.3) is 0 Å². The minimum absolute atomic E-state index is 0.00507. The number of halogens is 2. The van der Waals surface area contributed by atoms with Crippen LogP contribution in [-0.2, 0) is 32.6 Å². The summed E-state index contributed by atoms with van der Waals surface area (Å²) in [5.74, 6) is -1.06. The van der Waals surface area contributed by atoms with E-state index < -0.39 is 27.4 Å². The fourth-order valence-electron chi connectivity index (χ4n) is 4.40. The molecule has 0 aliphatic heterocycles. The molecule has 2 amide bonds. The van der Waals surface area contributed by atoms with Crippen molar-refractivity contribution in [2.24, 2.45) is 0 Å². The molecule has 0 fully saturated rings. The molecule has 0 aliphatic carbocycles. The number of hydrogen-bond acceptors (Lipinski definition) is 4. The third-order valence-corrected chi connectivity index (χ3v) is 7.75. The lowest BCUT2D eigenvalue weighted by molar-refractivity contribution is -0.142. The maximum absolute atomic E-state index is 13.8. The largest absolute Gasteiger partial charge is 0.350 e. The van der Waals surface area contributed by atoms with E-state index in [1.807, 2.05) is 63.2 Å². The predicted molar refractivity (Wildman–Crippen MR) is 162 cm³/mol. The molecule has 0 saturated heterocycles. The molecule has 0 spiro atoms. The van der Waals surface area contributed by atoms with E-state index in [-0.39, 0.29) is 37.7 Å². The zero-order valence-electron chi connectivity index (χ0n) is 23.8. The van der Waals surface area contributed by atoms with Crippen LogP contribution in [0.1, 0.15) is 44.7 Å². The van der Waals surface area contributed by atoms with Crippen molar-refractivity contribution < 1.29 is 22.4 Å². The highest BCUT2D eigenvalue weighted by Crippen LogP contribution is 2.21. The third-order valence-electron chi connectivity index (χ3n) is 6.30. The molecule has 0 aromatic heterocycles. The minimum Gasteiger partial charge on any atom is -0.350 e. The highest BCUT2D eigenvalue weighted by Gasteiger charge is 2.32. The van der Waals surface area contributed by atoms with Gasteiger partial charge in [0, 0.05) is 36.5 Å². The van der Waals surface area contributed by atoms with Crippen LogP contribution in [0, 0.1) is 5.82 Å². The standard InChI is InChI=1S/C31H37ClFN3O4S/c1-31(2,3)34-30(38)28(21-23-9-6-5-7-10-23)35(22-24-12-14-25(32)15-13-24)29(37)11-8-20-36(41(4,39)40)27-18-16-26(33)17-19-27/h5-7,9-10,12-19,28H,8,11,20-22H2,1-4H3,(H,34,38)/t28-/m1/s1.